The Labute approximate surface area is 134 Å². The van der Waals surface area contributed by atoms with E-state index in [1.807, 2.05) is 30.3 Å². The van der Waals surface area contributed by atoms with E-state index in [9.17, 15) is 9.59 Å². The van der Waals surface area contributed by atoms with Gasteiger partial charge in [-0.3, -0.25) is 9.59 Å². The molecule has 6 heteroatoms. The third-order valence-corrected chi connectivity index (χ3v) is 2.68. The third kappa shape index (κ3) is 5.28. The maximum atomic E-state index is 11.7. The Balaban J connectivity index is 1.93. The molecule has 6 nitrogen and oxygen atoms in total. The minimum absolute atomic E-state index is 0.489. The Morgan fingerprint density at radius 2 is 1.48 bits per heavy atom. The first-order valence-electron chi connectivity index (χ1n) is 7.00. The molecule has 0 saturated heterocycles. The molecule has 23 heavy (non-hydrogen) atoms. The Kier molecular flexibility index (Phi) is 5.46. The summed E-state index contributed by atoms with van der Waals surface area (Å²) in [7, 11) is 0. The number of hydrogen-bond acceptors (Lipinski definition) is 4. The highest BCUT2D eigenvalue weighted by Gasteiger charge is 2.12. The van der Waals surface area contributed by atoms with Crippen LogP contribution in [0.25, 0.3) is 0 Å². The number of para-hydroxylation sites is 1. The number of hydrogen-bond donors (Lipinski definition) is 2. The summed E-state index contributed by atoms with van der Waals surface area (Å²) >= 11 is 0. The van der Waals surface area contributed by atoms with Crippen molar-refractivity contribution in [3.8, 4) is 11.5 Å². The summed E-state index contributed by atoms with van der Waals surface area (Å²) in [6, 6.07) is 16.1. The molecule has 0 saturated carbocycles. The van der Waals surface area contributed by atoms with Crippen LogP contribution in [-0.4, -0.2) is 17.5 Å². The molecule has 0 aromatic heterocycles. The summed E-state index contributed by atoms with van der Waals surface area (Å²) < 4.78 is 5.64. The van der Waals surface area contributed by atoms with Gasteiger partial charge in [-0.15, -0.1) is 0 Å². The van der Waals surface area contributed by atoms with Crippen LogP contribution >= 0.6 is 0 Å². The minimum atomic E-state index is -0.823. The van der Waals surface area contributed by atoms with Crippen LogP contribution in [0.5, 0.6) is 11.5 Å². The van der Waals surface area contributed by atoms with Crippen molar-refractivity contribution in [1.82, 2.24) is 5.43 Å². The van der Waals surface area contributed by atoms with Crippen molar-refractivity contribution < 1.29 is 14.3 Å². The summed E-state index contributed by atoms with van der Waals surface area (Å²) in [5.74, 6) is -0.260. The molecule has 2 rings (SSSR count). The first-order valence-corrected chi connectivity index (χ1v) is 7.00. The van der Waals surface area contributed by atoms with E-state index >= 15 is 0 Å². The lowest BCUT2D eigenvalue weighted by atomic mass is 10.3. The lowest BCUT2D eigenvalue weighted by Crippen LogP contribution is -2.32. The fraction of sp³-hybridized carbons (Fsp3) is 0.118. The van der Waals surface area contributed by atoms with Gasteiger partial charge in [0.1, 0.15) is 11.5 Å². The normalized spacial score (nSPS) is 9.65. The number of rotatable bonds is 4. The van der Waals surface area contributed by atoms with E-state index in [4.69, 9.17) is 4.74 Å². The molecule has 0 unspecified atom stereocenters. The standard InChI is InChI=1S/C17H17N3O3/c1-12(2)19-20-17(22)16(21)18-13-8-10-15(11-9-13)23-14-6-4-3-5-7-14/h3-11H,1-2H3,(H,18,21)(H,20,22). The van der Waals surface area contributed by atoms with Crippen LogP contribution in [0, 0.1) is 0 Å². The van der Waals surface area contributed by atoms with E-state index < -0.39 is 11.8 Å². The van der Waals surface area contributed by atoms with Crippen LogP contribution in [-0.2, 0) is 9.59 Å². The highest BCUT2D eigenvalue weighted by Crippen LogP contribution is 2.22. The average molecular weight is 311 g/mol. The molecule has 0 aliphatic rings. The van der Waals surface area contributed by atoms with Crippen LogP contribution in [0.3, 0.4) is 0 Å². The third-order valence-electron chi connectivity index (χ3n) is 2.68. The molecule has 0 spiro atoms. The number of nitrogens with zero attached hydrogens (tertiary/aromatic N) is 1. The van der Waals surface area contributed by atoms with Crippen LogP contribution in [0.1, 0.15) is 13.8 Å². The van der Waals surface area contributed by atoms with Gasteiger partial charge >= 0.3 is 11.8 Å². The van der Waals surface area contributed by atoms with Gasteiger partial charge in [0.05, 0.1) is 0 Å². The molecule has 2 N–H and O–H groups in total. The Hall–Kier alpha value is -3.15. The summed E-state index contributed by atoms with van der Waals surface area (Å²) in [5, 5.41) is 6.17. The molecule has 0 aliphatic carbocycles. The van der Waals surface area contributed by atoms with Crippen molar-refractivity contribution in [2.24, 2.45) is 5.10 Å². The molecule has 0 radical (unpaired) electrons. The van der Waals surface area contributed by atoms with Gasteiger partial charge in [0.25, 0.3) is 0 Å². The van der Waals surface area contributed by atoms with Crippen molar-refractivity contribution in [2.75, 3.05) is 5.32 Å². The molecule has 118 valence electrons. The maximum Gasteiger partial charge on any atom is 0.329 e. The summed E-state index contributed by atoms with van der Waals surface area (Å²) in [5.41, 5.74) is 3.29. The lowest BCUT2D eigenvalue weighted by Gasteiger charge is -2.07. The van der Waals surface area contributed by atoms with E-state index in [1.54, 1.807) is 38.1 Å². The van der Waals surface area contributed by atoms with Gasteiger partial charge in [-0.2, -0.15) is 5.10 Å². The number of benzene rings is 2. The summed E-state index contributed by atoms with van der Waals surface area (Å²) in [6.07, 6.45) is 0. The van der Waals surface area contributed by atoms with Crippen molar-refractivity contribution in [3.63, 3.8) is 0 Å². The molecular weight excluding hydrogens is 294 g/mol. The van der Waals surface area contributed by atoms with Crippen molar-refractivity contribution in [2.45, 2.75) is 13.8 Å². The summed E-state index contributed by atoms with van der Waals surface area (Å²) in [6.45, 7) is 3.42. The molecule has 2 aromatic rings. The van der Waals surface area contributed by atoms with E-state index in [0.717, 1.165) is 5.75 Å². The highest BCUT2D eigenvalue weighted by molar-refractivity contribution is 6.39. The molecule has 0 bridgehead atoms. The number of ether oxygens (including phenoxy) is 1. The van der Waals surface area contributed by atoms with Crippen LogP contribution in [0.4, 0.5) is 5.69 Å². The predicted octanol–water partition coefficient (Wildman–Crippen LogP) is 2.93. The van der Waals surface area contributed by atoms with Crippen LogP contribution < -0.4 is 15.5 Å². The highest BCUT2D eigenvalue weighted by atomic mass is 16.5. The van der Waals surface area contributed by atoms with Gasteiger partial charge in [0.15, 0.2) is 0 Å². The number of amides is 2. The second-order valence-corrected chi connectivity index (χ2v) is 4.89. The smallest absolute Gasteiger partial charge is 0.329 e. The first kappa shape index (κ1) is 16.2. The zero-order valence-electron chi connectivity index (χ0n) is 12.9. The zero-order chi connectivity index (χ0) is 16.7. The van der Waals surface area contributed by atoms with Gasteiger partial charge in [0, 0.05) is 11.4 Å². The van der Waals surface area contributed by atoms with Crippen LogP contribution in [0.15, 0.2) is 59.7 Å². The number of anilines is 1. The number of carbonyl (C=O) groups excluding carboxylic acids is 2. The van der Waals surface area contributed by atoms with E-state index in [-0.39, 0.29) is 0 Å². The van der Waals surface area contributed by atoms with Crippen molar-refractivity contribution in [1.29, 1.82) is 0 Å². The fourth-order valence-corrected chi connectivity index (χ4v) is 1.63. The maximum absolute atomic E-state index is 11.7. The van der Waals surface area contributed by atoms with Gasteiger partial charge in [-0.1, -0.05) is 18.2 Å². The van der Waals surface area contributed by atoms with E-state index in [0.29, 0.717) is 17.1 Å². The molecule has 0 aliphatic heterocycles. The van der Waals surface area contributed by atoms with E-state index in [1.165, 1.54) is 0 Å². The number of hydrazone groups is 1. The minimum Gasteiger partial charge on any atom is -0.457 e. The molecule has 2 amide bonds. The molecule has 0 fully saturated rings. The topological polar surface area (TPSA) is 79.8 Å². The fourth-order valence-electron chi connectivity index (χ4n) is 1.63. The Bertz CT molecular complexity index is 706. The molecule has 2 aromatic carbocycles. The van der Waals surface area contributed by atoms with Crippen LogP contribution in [0.2, 0.25) is 0 Å². The monoisotopic (exact) mass is 311 g/mol. The Morgan fingerprint density at radius 3 is 2.09 bits per heavy atom. The second-order valence-electron chi connectivity index (χ2n) is 4.89. The van der Waals surface area contributed by atoms with Crippen molar-refractivity contribution in [3.05, 3.63) is 54.6 Å². The Morgan fingerprint density at radius 1 is 0.870 bits per heavy atom. The lowest BCUT2D eigenvalue weighted by molar-refractivity contribution is -0.136. The first-order chi connectivity index (χ1) is 11.0. The number of nitrogens with one attached hydrogen (secondary N) is 2. The molecule has 0 heterocycles. The molecule has 0 atom stereocenters. The zero-order valence-corrected chi connectivity index (χ0v) is 12.9. The quantitative estimate of drug-likeness (QED) is 0.517. The SMILES string of the molecule is CC(C)=NNC(=O)C(=O)Nc1ccc(Oc2ccccc2)cc1. The number of carbonyl (C=O) groups is 2. The largest absolute Gasteiger partial charge is 0.457 e. The second kappa shape index (κ2) is 7.74. The van der Waals surface area contributed by atoms with Gasteiger partial charge in [-0.25, -0.2) is 5.43 Å². The average Bonchev–Trinajstić information content (AvgIpc) is 2.55. The van der Waals surface area contributed by atoms with Gasteiger partial charge in [-0.05, 0) is 50.2 Å². The summed E-state index contributed by atoms with van der Waals surface area (Å²) in [4.78, 5) is 23.2. The van der Waals surface area contributed by atoms with E-state index in [2.05, 4.69) is 15.8 Å². The molecular formula is C17H17N3O3. The van der Waals surface area contributed by atoms with Crippen molar-refractivity contribution >= 4 is 23.2 Å². The predicted molar refractivity (Wildman–Crippen MR) is 88.5 cm³/mol. The van der Waals surface area contributed by atoms with Gasteiger partial charge in [0.2, 0.25) is 0 Å². The van der Waals surface area contributed by atoms with Gasteiger partial charge < -0.3 is 10.1 Å².